The molecule has 60 valence electrons. The van der Waals surface area contributed by atoms with E-state index in [0.717, 1.165) is 0 Å². The Balaban J connectivity index is 2.03. The predicted octanol–water partition coefficient (Wildman–Crippen LogP) is 1.43. The van der Waals surface area contributed by atoms with Gasteiger partial charge in [-0.2, -0.15) is 8.78 Å². The fourth-order valence-corrected chi connectivity index (χ4v) is 1.57. The van der Waals surface area contributed by atoms with Crippen LogP contribution in [0.3, 0.4) is 0 Å². The van der Waals surface area contributed by atoms with E-state index in [1.807, 2.05) is 0 Å². The average molecular weight is 160 g/mol. The van der Waals surface area contributed by atoms with E-state index >= 15 is 0 Å². The van der Waals surface area contributed by atoms with Gasteiger partial charge in [-0.05, 0) is 12.8 Å². The number of carboxylic acid groups (broad SMARTS) is 1. The largest absolute Gasteiger partial charge is 0.481 e. The number of alkyl halides is 2. The molecule has 0 aromatic heterocycles. The Kier molecular flexibility index (Phi) is 0.998. The Hall–Kier alpha value is -0.930. The fourth-order valence-electron chi connectivity index (χ4n) is 1.57. The van der Waals surface area contributed by atoms with Crippen molar-refractivity contribution < 1.29 is 18.7 Å². The van der Waals surface area contributed by atoms with Gasteiger partial charge < -0.3 is 5.11 Å². The van der Waals surface area contributed by atoms with Gasteiger partial charge in [-0.1, -0.05) is 0 Å². The molecule has 2 nitrogen and oxygen atoms in total. The van der Waals surface area contributed by atoms with Gasteiger partial charge in [0.2, 0.25) is 0 Å². The Morgan fingerprint density at radius 3 is 2.27 bits per heavy atom. The molecule has 0 heterocycles. The summed E-state index contributed by atoms with van der Waals surface area (Å²) in [4.78, 5) is 10.3. The third-order valence-electron chi connectivity index (χ3n) is 2.31. The molecular formula is C7H6F2O2. The first-order chi connectivity index (χ1) is 5.03. The Morgan fingerprint density at radius 2 is 1.91 bits per heavy atom. The van der Waals surface area contributed by atoms with Crippen LogP contribution in [0.1, 0.15) is 12.8 Å². The summed E-state index contributed by atoms with van der Waals surface area (Å²) >= 11 is 0. The molecule has 0 bridgehead atoms. The minimum Gasteiger partial charge on any atom is -0.481 e. The Labute approximate surface area is 61.5 Å². The maximum Gasteiger partial charge on any atom is 0.307 e. The van der Waals surface area contributed by atoms with Crippen LogP contribution in [0.15, 0.2) is 11.1 Å². The van der Waals surface area contributed by atoms with E-state index in [4.69, 9.17) is 5.11 Å². The second-order valence-electron chi connectivity index (χ2n) is 2.97. The number of carboxylic acids is 1. The van der Waals surface area contributed by atoms with E-state index in [0.29, 0.717) is 0 Å². The zero-order valence-electron chi connectivity index (χ0n) is 5.60. The summed E-state index contributed by atoms with van der Waals surface area (Å²) in [6, 6.07) is 0. The van der Waals surface area contributed by atoms with Crippen LogP contribution in [0.2, 0.25) is 0 Å². The van der Waals surface area contributed by atoms with E-state index in [9.17, 15) is 13.6 Å². The van der Waals surface area contributed by atoms with Crippen molar-refractivity contribution in [2.75, 3.05) is 0 Å². The fraction of sp³-hybridized carbons (Fsp3) is 0.571. The molecular weight excluding hydrogens is 154 g/mol. The van der Waals surface area contributed by atoms with Crippen molar-refractivity contribution in [2.24, 2.45) is 5.92 Å². The van der Waals surface area contributed by atoms with Crippen molar-refractivity contribution in [3.05, 3.63) is 11.1 Å². The predicted molar refractivity (Wildman–Crippen MR) is 32.3 cm³/mol. The molecule has 0 aromatic carbocycles. The summed E-state index contributed by atoms with van der Waals surface area (Å²) < 4.78 is 24.8. The highest BCUT2D eigenvalue weighted by Crippen LogP contribution is 2.59. The SMILES string of the molecule is O=C(O)C1CC2=C(C1)C2(F)F. The smallest absolute Gasteiger partial charge is 0.307 e. The lowest BCUT2D eigenvalue weighted by atomic mass is 10.0. The number of carbonyl (C=O) groups is 1. The molecule has 2 aliphatic carbocycles. The maximum atomic E-state index is 12.4. The average Bonchev–Trinajstić information content (AvgIpc) is 2.28. The molecule has 0 fully saturated rings. The Morgan fingerprint density at radius 1 is 1.45 bits per heavy atom. The maximum absolute atomic E-state index is 12.4. The van der Waals surface area contributed by atoms with Crippen LogP contribution < -0.4 is 0 Å². The standard InChI is InChI=1S/C7H6F2O2/c8-7(9)4-1-3(6(10)11)2-5(4)7/h3H,1-2H2,(H,10,11). The van der Waals surface area contributed by atoms with Crippen molar-refractivity contribution in [1.29, 1.82) is 0 Å². The molecule has 11 heavy (non-hydrogen) atoms. The zero-order chi connectivity index (χ0) is 8.22. The van der Waals surface area contributed by atoms with Gasteiger partial charge >= 0.3 is 5.97 Å². The molecule has 0 aromatic rings. The van der Waals surface area contributed by atoms with Crippen molar-refractivity contribution in [3.8, 4) is 0 Å². The highest BCUT2D eigenvalue weighted by Gasteiger charge is 2.60. The molecule has 0 unspecified atom stereocenters. The van der Waals surface area contributed by atoms with E-state index in [-0.39, 0.29) is 24.0 Å². The molecule has 2 aliphatic rings. The third kappa shape index (κ3) is 0.721. The van der Waals surface area contributed by atoms with Gasteiger partial charge in [0, 0.05) is 11.1 Å². The first-order valence-electron chi connectivity index (χ1n) is 3.37. The van der Waals surface area contributed by atoms with Crippen molar-refractivity contribution in [1.82, 2.24) is 0 Å². The van der Waals surface area contributed by atoms with Crippen LogP contribution in [-0.2, 0) is 4.79 Å². The van der Waals surface area contributed by atoms with Crippen LogP contribution in [0.25, 0.3) is 0 Å². The number of halogens is 2. The van der Waals surface area contributed by atoms with Crippen molar-refractivity contribution in [3.63, 3.8) is 0 Å². The highest BCUT2D eigenvalue weighted by atomic mass is 19.3. The lowest BCUT2D eigenvalue weighted by Gasteiger charge is -2.10. The number of hydrogen-bond acceptors (Lipinski definition) is 1. The quantitative estimate of drug-likeness (QED) is 0.589. The zero-order valence-corrected chi connectivity index (χ0v) is 5.60. The molecule has 4 heteroatoms. The number of hydrogen-bond donors (Lipinski definition) is 1. The van der Waals surface area contributed by atoms with Crippen LogP contribution in [0.4, 0.5) is 8.78 Å². The molecule has 0 saturated heterocycles. The first-order valence-corrected chi connectivity index (χ1v) is 3.37. The van der Waals surface area contributed by atoms with Gasteiger partial charge in [0.05, 0.1) is 5.92 Å². The second-order valence-corrected chi connectivity index (χ2v) is 2.97. The number of aliphatic carboxylic acids is 1. The lowest BCUT2D eigenvalue weighted by molar-refractivity contribution is -0.141. The van der Waals surface area contributed by atoms with Crippen molar-refractivity contribution in [2.45, 2.75) is 18.8 Å². The summed E-state index contributed by atoms with van der Waals surface area (Å²) in [5.41, 5.74) is 0.148. The number of rotatable bonds is 1. The van der Waals surface area contributed by atoms with Gasteiger partial charge in [-0.3, -0.25) is 4.79 Å². The Bertz CT molecular complexity index is 250. The molecule has 0 amide bonds. The molecule has 0 saturated carbocycles. The van der Waals surface area contributed by atoms with E-state index in [1.54, 1.807) is 0 Å². The summed E-state index contributed by atoms with van der Waals surface area (Å²) in [6.45, 7) is 0. The topological polar surface area (TPSA) is 37.3 Å². The summed E-state index contributed by atoms with van der Waals surface area (Å²) in [6.07, 6.45) is 0.106. The van der Waals surface area contributed by atoms with Gasteiger partial charge in [0.25, 0.3) is 5.92 Å². The molecule has 0 atom stereocenters. The van der Waals surface area contributed by atoms with E-state index < -0.39 is 17.8 Å². The minimum atomic E-state index is -2.70. The molecule has 0 radical (unpaired) electrons. The molecule has 0 spiro atoms. The van der Waals surface area contributed by atoms with Crippen LogP contribution in [-0.4, -0.2) is 17.0 Å². The molecule has 1 N–H and O–H groups in total. The highest BCUT2D eigenvalue weighted by molar-refractivity contribution is 5.74. The minimum absolute atomic E-state index is 0.0532. The van der Waals surface area contributed by atoms with Crippen LogP contribution in [0, 0.1) is 5.92 Å². The number of allylic oxidation sites excluding steroid dienone is 2. The van der Waals surface area contributed by atoms with E-state index in [2.05, 4.69) is 0 Å². The monoisotopic (exact) mass is 160 g/mol. The second kappa shape index (κ2) is 1.62. The molecule has 2 rings (SSSR count). The van der Waals surface area contributed by atoms with Crippen LogP contribution in [0.5, 0.6) is 0 Å². The lowest BCUT2D eigenvalue weighted by Crippen LogP contribution is -2.17. The van der Waals surface area contributed by atoms with Gasteiger partial charge in [0.15, 0.2) is 0 Å². The van der Waals surface area contributed by atoms with Gasteiger partial charge in [0.1, 0.15) is 0 Å². The summed E-state index contributed by atoms with van der Waals surface area (Å²) in [7, 11) is 0. The first kappa shape index (κ1) is 6.76. The summed E-state index contributed by atoms with van der Waals surface area (Å²) in [5, 5.41) is 8.45. The van der Waals surface area contributed by atoms with Gasteiger partial charge in [-0.25, -0.2) is 0 Å². The van der Waals surface area contributed by atoms with Crippen LogP contribution >= 0.6 is 0 Å². The molecule has 0 aliphatic heterocycles. The van der Waals surface area contributed by atoms with Gasteiger partial charge in [-0.15, -0.1) is 0 Å². The normalized spacial score (nSPS) is 27.1. The van der Waals surface area contributed by atoms with Crippen molar-refractivity contribution >= 4 is 5.97 Å². The third-order valence-corrected chi connectivity index (χ3v) is 2.31. The summed E-state index contributed by atoms with van der Waals surface area (Å²) in [5.74, 6) is -4.25. The van der Waals surface area contributed by atoms with E-state index in [1.165, 1.54) is 0 Å².